The van der Waals surface area contributed by atoms with Crippen LogP contribution in [0.2, 0.25) is 50.2 Å². The summed E-state index contributed by atoms with van der Waals surface area (Å²) in [4.78, 5) is 16.1. The van der Waals surface area contributed by atoms with Gasteiger partial charge in [-0.15, -0.1) is 0 Å². The number of rotatable bonds is 3. The minimum absolute atomic E-state index is 0.00219. The van der Waals surface area contributed by atoms with Crippen molar-refractivity contribution < 1.29 is 4.79 Å². The number of pyridine rings is 1. The van der Waals surface area contributed by atoms with Gasteiger partial charge in [0.05, 0.1) is 55.9 Å². The summed E-state index contributed by atoms with van der Waals surface area (Å²) in [5.74, 6) is 0. The average molecular weight is 604 g/mol. The van der Waals surface area contributed by atoms with E-state index in [-0.39, 0.29) is 78.3 Å². The van der Waals surface area contributed by atoms with Gasteiger partial charge in [-0.3, -0.25) is 4.79 Å². The lowest BCUT2D eigenvalue weighted by Crippen LogP contribution is -1.98. The van der Waals surface area contributed by atoms with Gasteiger partial charge in [0.15, 0.2) is 6.29 Å². The Labute approximate surface area is 220 Å². The van der Waals surface area contributed by atoms with E-state index in [0.29, 0.717) is 6.29 Å². The van der Waals surface area contributed by atoms with Gasteiger partial charge in [-0.25, -0.2) is 4.98 Å². The van der Waals surface area contributed by atoms with Crippen LogP contribution in [0.3, 0.4) is 0 Å². The Hall–Kier alpha value is 0.160. The number of benzene rings is 2. The zero-order chi connectivity index (χ0) is 22.5. The highest BCUT2D eigenvalue weighted by Gasteiger charge is 2.25. The number of aromatic nitrogens is 1. The number of carbonyl (C=O) groups excluding carboxylic acids is 1. The van der Waals surface area contributed by atoms with Crippen molar-refractivity contribution in [2.24, 2.45) is 0 Å². The van der Waals surface area contributed by atoms with E-state index in [0.717, 1.165) is 0 Å². The standard InChI is InChI=1S/C18H3Cl10NO/c19-9-7(10(20)14(24)17(27)13(9)23)4-1-2-5(29-6(4)3-30)8-11(21)15(25)18(28)16(26)12(8)22/h1-3H. The van der Waals surface area contributed by atoms with E-state index in [2.05, 4.69) is 4.98 Å². The molecular weight excluding hydrogens is 601 g/mol. The third-order valence-corrected chi connectivity index (χ3v) is 8.53. The summed E-state index contributed by atoms with van der Waals surface area (Å²) in [7, 11) is 0. The fourth-order valence-corrected chi connectivity index (χ4v) is 5.26. The zero-order valence-electron chi connectivity index (χ0n) is 13.9. The number of aldehydes is 1. The fraction of sp³-hybridized carbons (Fsp3) is 0. The molecule has 0 radical (unpaired) electrons. The maximum absolute atomic E-state index is 11.8. The topological polar surface area (TPSA) is 30.0 Å². The summed E-state index contributed by atoms with van der Waals surface area (Å²) in [6.45, 7) is 0. The Bertz CT molecular complexity index is 1170. The lowest BCUT2D eigenvalue weighted by molar-refractivity contribution is 0.112. The van der Waals surface area contributed by atoms with Crippen LogP contribution in [-0.4, -0.2) is 11.3 Å². The molecule has 0 unspecified atom stereocenters. The van der Waals surface area contributed by atoms with Crippen molar-refractivity contribution in [2.75, 3.05) is 0 Å². The Morgan fingerprint density at radius 3 is 1.30 bits per heavy atom. The quantitative estimate of drug-likeness (QED) is 0.169. The van der Waals surface area contributed by atoms with Gasteiger partial charge < -0.3 is 0 Å². The van der Waals surface area contributed by atoms with Crippen molar-refractivity contribution in [3.05, 3.63) is 68.1 Å². The maximum atomic E-state index is 11.8. The number of nitrogens with zero attached hydrogens (tertiary/aromatic N) is 1. The molecule has 1 heterocycles. The summed E-state index contributed by atoms with van der Waals surface area (Å²) in [5, 5.41) is -0.0516. The summed E-state index contributed by atoms with van der Waals surface area (Å²) < 4.78 is 0. The number of hydrogen-bond donors (Lipinski definition) is 0. The largest absolute Gasteiger partial charge is 0.296 e. The Morgan fingerprint density at radius 2 is 0.900 bits per heavy atom. The Kier molecular flexibility index (Phi) is 7.91. The molecule has 0 spiro atoms. The van der Waals surface area contributed by atoms with Gasteiger partial charge in [0.25, 0.3) is 0 Å². The molecule has 0 aliphatic rings. The van der Waals surface area contributed by atoms with Gasteiger partial charge in [0, 0.05) is 16.7 Å². The van der Waals surface area contributed by atoms with E-state index in [4.69, 9.17) is 116 Å². The molecule has 0 atom stereocenters. The second-order valence-corrected chi connectivity index (χ2v) is 9.42. The second-order valence-electron chi connectivity index (χ2n) is 5.64. The van der Waals surface area contributed by atoms with Crippen molar-refractivity contribution in [2.45, 2.75) is 0 Å². The normalized spacial score (nSPS) is 11.1. The molecule has 30 heavy (non-hydrogen) atoms. The van der Waals surface area contributed by atoms with E-state index in [1.807, 2.05) is 0 Å². The molecule has 3 aromatic rings. The van der Waals surface area contributed by atoms with Crippen molar-refractivity contribution in [3.63, 3.8) is 0 Å². The highest BCUT2D eigenvalue weighted by molar-refractivity contribution is 6.57. The van der Waals surface area contributed by atoms with Crippen LogP contribution in [0.15, 0.2) is 12.1 Å². The molecule has 0 aliphatic carbocycles. The van der Waals surface area contributed by atoms with Gasteiger partial charge in [0.1, 0.15) is 5.69 Å². The van der Waals surface area contributed by atoms with Gasteiger partial charge in [-0.2, -0.15) is 0 Å². The lowest BCUT2D eigenvalue weighted by Gasteiger charge is -2.16. The molecule has 2 nitrogen and oxygen atoms in total. The maximum Gasteiger partial charge on any atom is 0.169 e. The summed E-state index contributed by atoms with van der Waals surface area (Å²) in [5.41, 5.74) is 0.775. The highest BCUT2D eigenvalue weighted by atomic mass is 35.5. The Balaban J connectivity index is 2.32. The molecule has 0 amide bonds. The van der Waals surface area contributed by atoms with Crippen molar-refractivity contribution in [1.29, 1.82) is 0 Å². The number of carbonyl (C=O) groups is 1. The molecule has 1 aromatic heterocycles. The van der Waals surface area contributed by atoms with Crippen LogP contribution in [0.5, 0.6) is 0 Å². The number of halogens is 10. The minimum atomic E-state index is -0.0555. The zero-order valence-corrected chi connectivity index (χ0v) is 21.4. The van der Waals surface area contributed by atoms with Crippen LogP contribution >= 0.6 is 116 Å². The second kappa shape index (κ2) is 9.57. The summed E-state index contributed by atoms with van der Waals surface area (Å²) in [6, 6.07) is 3.03. The molecule has 156 valence electrons. The van der Waals surface area contributed by atoms with Gasteiger partial charge in [-0.1, -0.05) is 116 Å². The molecule has 0 saturated carbocycles. The van der Waals surface area contributed by atoms with E-state index in [1.165, 1.54) is 12.1 Å². The minimum Gasteiger partial charge on any atom is -0.296 e. The predicted molar refractivity (Wildman–Crippen MR) is 131 cm³/mol. The summed E-state index contributed by atoms with van der Waals surface area (Å²) >= 11 is 61.7. The molecule has 3 rings (SSSR count). The average Bonchev–Trinajstić information content (AvgIpc) is 2.74. The summed E-state index contributed by atoms with van der Waals surface area (Å²) in [6.07, 6.45) is 0.489. The van der Waals surface area contributed by atoms with Crippen LogP contribution in [0, 0.1) is 0 Å². The molecule has 0 N–H and O–H groups in total. The fourth-order valence-electron chi connectivity index (χ4n) is 2.59. The number of hydrogen-bond acceptors (Lipinski definition) is 2. The third-order valence-electron chi connectivity index (χ3n) is 3.98. The van der Waals surface area contributed by atoms with E-state index >= 15 is 0 Å². The first-order chi connectivity index (χ1) is 14.0. The third kappa shape index (κ3) is 4.10. The first kappa shape index (κ1) is 24.8. The molecule has 12 heteroatoms. The van der Waals surface area contributed by atoms with Crippen LogP contribution in [0.1, 0.15) is 10.5 Å². The van der Waals surface area contributed by atoms with Gasteiger partial charge in [-0.05, 0) is 12.1 Å². The van der Waals surface area contributed by atoms with E-state index in [1.54, 1.807) is 0 Å². The van der Waals surface area contributed by atoms with Crippen LogP contribution < -0.4 is 0 Å². The molecule has 2 aromatic carbocycles. The van der Waals surface area contributed by atoms with Gasteiger partial charge >= 0.3 is 0 Å². The molecule has 0 aliphatic heterocycles. The molecule has 0 saturated heterocycles. The Morgan fingerprint density at radius 1 is 0.533 bits per heavy atom. The lowest BCUT2D eigenvalue weighted by atomic mass is 10.0. The van der Waals surface area contributed by atoms with Crippen LogP contribution in [-0.2, 0) is 0 Å². The first-order valence-electron chi connectivity index (χ1n) is 7.52. The predicted octanol–water partition coefficient (Wildman–Crippen LogP) is 10.8. The van der Waals surface area contributed by atoms with E-state index < -0.39 is 0 Å². The van der Waals surface area contributed by atoms with Crippen molar-refractivity contribution in [3.8, 4) is 22.4 Å². The van der Waals surface area contributed by atoms with Crippen LogP contribution in [0.25, 0.3) is 22.4 Å². The van der Waals surface area contributed by atoms with Crippen LogP contribution in [0.4, 0.5) is 0 Å². The molecule has 0 bridgehead atoms. The molecular formula is C18H3Cl10NO. The van der Waals surface area contributed by atoms with Crippen molar-refractivity contribution in [1.82, 2.24) is 4.98 Å². The smallest absolute Gasteiger partial charge is 0.169 e. The highest BCUT2D eigenvalue weighted by Crippen LogP contribution is 2.50. The first-order valence-corrected chi connectivity index (χ1v) is 11.3. The van der Waals surface area contributed by atoms with E-state index in [9.17, 15) is 4.79 Å². The van der Waals surface area contributed by atoms with Crippen molar-refractivity contribution >= 4 is 122 Å². The SMILES string of the molecule is O=Cc1nc(-c2c(Cl)c(Cl)c(Cl)c(Cl)c2Cl)ccc1-c1c(Cl)c(Cl)c(Cl)c(Cl)c1Cl. The monoisotopic (exact) mass is 599 g/mol. The molecule has 0 fully saturated rings. The van der Waals surface area contributed by atoms with Gasteiger partial charge in [0.2, 0.25) is 0 Å².